The number of amides is 1. The third-order valence-electron chi connectivity index (χ3n) is 7.10. The van der Waals surface area contributed by atoms with Gasteiger partial charge in [-0.25, -0.2) is 0 Å². The number of Topliss-reactive ketones (excluding diaryl/α,β-unsaturated/α-hetero) is 1. The van der Waals surface area contributed by atoms with Gasteiger partial charge in [0.2, 0.25) is 0 Å². The molecule has 0 unspecified atom stereocenters. The van der Waals surface area contributed by atoms with Crippen molar-refractivity contribution >= 4 is 34.4 Å². The van der Waals surface area contributed by atoms with Gasteiger partial charge in [0, 0.05) is 47.7 Å². The minimum absolute atomic E-state index is 0.0460. The number of hydrogen-bond acceptors (Lipinski definition) is 6. The first-order valence-electron chi connectivity index (χ1n) is 13.1. The Morgan fingerprint density at radius 3 is 2.35 bits per heavy atom. The van der Waals surface area contributed by atoms with Crippen LogP contribution in [0.15, 0.2) is 66.7 Å². The van der Waals surface area contributed by atoms with E-state index in [0.717, 1.165) is 35.7 Å². The Hall–Kier alpha value is -3.68. The molecule has 0 aromatic heterocycles. The summed E-state index contributed by atoms with van der Waals surface area (Å²) in [7, 11) is 0. The number of hydrogen-bond donors (Lipinski definition) is 4. The number of ketones is 1. The van der Waals surface area contributed by atoms with Crippen LogP contribution in [0.5, 0.6) is 0 Å². The van der Waals surface area contributed by atoms with Crippen LogP contribution in [0.3, 0.4) is 0 Å². The van der Waals surface area contributed by atoms with Crippen molar-refractivity contribution in [2.75, 3.05) is 42.1 Å². The summed E-state index contributed by atoms with van der Waals surface area (Å²) in [6.07, 6.45) is 4.33. The highest BCUT2D eigenvalue weighted by Crippen LogP contribution is 2.36. The molecule has 1 saturated heterocycles. The summed E-state index contributed by atoms with van der Waals surface area (Å²) < 4.78 is 0. The highest BCUT2D eigenvalue weighted by atomic mass is 16.3. The summed E-state index contributed by atoms with van der Waals surface area (Å²) in [4.78, 5) is 28.0. The first-order chi connectivity index (χ1) is 18.1. The highest BCUT2D eigenvalue weighted by Gasteiger charge is 2.27. The molecule has 0 saturated carbocycles. The molecule has 1 aliphatic carbocycles. The smallest absolute Gasteiger partial charge is 0.255 e. The lowest BCUT2D eigenvalue weighted by Crippen LogP contribution is -2.39. The molecule has 1 amide bonds. The van der Waals surface area contributed by atoms with Gasteiger partial charge in [0.1, 0.15) is 0 Å². The number of aliphatic hydroxyl groups excluding tert-OH is 1. The van der Waals surface area contributed by atoms with E-state index < -0.39 is 6.10 Å². The number of piperidine rings is 1. The Labute approximate surface area is 217 Å². The monoisotopic (exact) mass is 498 g/mol. The summed E-state index contributed by atoms with van der Waals surface area (Å²) in [5.41, 5.74) is 5.27. The van der Waals surface area contributed by atoms with Crippen LogP contribution in [0.4, 0.5) is 22.7 Å². The molecular formula is C30H34N4O3. The molecule has 1 aliphatic heterocycles. The SMILES string of the molecule is O=C(Nc1ccc(Nc2ccccc2)c2c1C(=O)CC2)c1ccc(NC[C@H](O)CN2CCCCC2)cc1. The zero-order valence-electron chi connectivity index (χ0n) is 21.0. The summed E-state index contributed by atoms with van der Waals surface area (Å²) in [6.45, 7) is 3.25. The maximum absolute atomic E-state index is 13.0. The van der Waals surface area contributed by atoms with E-state index in [0.29, 0.717) is 42.7 Å². The molecule has 3 aromatic carbocycles. The zero-order chi connectivity index (χ0) is 25.6. The second kappa shape index (κ2) is 11.6. The molecule has 0 radical (unpaired) electrons. The number of aliphatic hydroxyl groups is 1. The minimum atomic E-state index is -0.444. The number of fused-ring (bicyclic) bond motifs is 1. The molecule has 4 N–H and O–H groups in total. The lowest BCUT2D eigenvalue weighted by molar-refractivity contribution is 0.0995. The van der Waals surface area contributed by atoms with Gasteiger partial charge in [0.05, 0.1) is 11.8 Å². The molecule has 1 heterocycles. The standard InChI is InChI=1S/C30H34N4O3/c35-24(20-34-17-5-2-6-18-34)19-31-22-11-9-21(10-12-22)30(37)33-27-15-14-26(25-13-16-28(36)29(25)27)32-23-7-3-1-4-8-23/h1,3-4,7-12,14-15,24,31-32,35H,2,5-6,13,16-20H2,(H,33,37)/t24-/m0/s1. The number of benzene rings is 3. The Kier molecular flexibility index (Phi) is 7.82. The van der Waals surface area contributed by atoms with Crippen LogP contribution in [-0.2, 0) is 6.42 Å². The Bertz CT molecular complexity index is 1240. The van der Waals surface area contributed by atoms with E-state index in [4.69, 9.17) is 0 Å². The van der Waals surface area contributed by atoms with E-state index >= 15 is 0 Å². The Morgan fingerprint density at radius 1 is 0.865 bits per heavy atom. The van der Waals surface area contributed by atoms with Crippen LogP contribution in [0, 0.1) is 0 Å². The minimum Gasteiger partial charge on any atom is -0.390 e. The molecule has 5 rings (SSSR count). The first-order valence-corrected chi connectivity index (χ1v) is 13.1. The van der Waals surface area contributed by atoms with Crippen LogP contribution in [0.25, 0.3) is 0 Å². The third-order valence-corrected chi connectivity index (χ3v) is 7.10. The summed E-state index contributed by atoms with van der Waals surface area (Å²) in [5.74, 6) is -0.216. The molecule has 0 spiro atoms. The van der Waals surface area contributed by atoms with Crippen molar-refractivity contribution in [1.82, 2.24) is 4.90 Å². The van der Waals surface area contributed by atoms with Crippen molar-refractivity contribution in [3.63, 3.8) is 0 Å². The Morgan fingerprint density at radius 2 is 1.59 bits per heavy atom. The molecule has 0 bridgehead atoms. The van der Waals surface area contributed by atoms with Crippen LogP contribution >= 0.6 is 0 Å². The largest absolute Gasteiger partial charge is 0.390 e. The lowest BCUT2D eigenvalue weighted by atomic mass is 10.0. The predicted octanol–water partition coefficient (Wildman–Crippen LogP) is 5.07. The fourth-order valence-electron chi connectivity index (χ4n) is 5.16. The number of nitrogens with zero attached hydrogens (tertiary/aromatic N) is 1. The maximum Gasteiger partial charge on any atom is 0.255 e. The molecule has 192 valence electrons. The number of anilines is 4. The predicted molar refractivity (Wildman–Crippen MR) is 148 cm³/mol. The van der Waals surface area contributed by atoms with E-state index in [1.54, 1.807) is 18.2 Å². The summed E-state index contributed by atoms with van der Waals surface area (Å²) >= 11 is 0. The average molecular weight is 499 g/mol. The van der Waals surface area contributed by atoms with E-state index in [2.05, 4.69) is 20.9 Å². The van der Waals surface area contributed by atoms with Gasteiger partial charge in [-0.15, -0.1) is 0 Å². The number of likely N-dealkylation sites (tertiary alicyclic amines) is 1. The third kappa shape index (κ3) is 6.18. The van der Waals surface area contributed by atoms with E-state index in [1.165, 1.54) is 19.3 Å². The molecular weight excluding hydrogens is 464 g/mol. The van der Waals surface area contributed by atoms with Gasteiger partial charge >= 0.3 is 0 Å². The average Bonchev–Trinajstić information content (AvgIpc) is 3.32. The van der Waals surface area contributed by atoms with Gasteiger partial charge < -0.3 is 26.0 Å². The van der Waals surface area contributed by atoms with E-state index in [9.17, 15) is 14.7 Å². The fourth-order valence-corrected chi connectivity index (χ4v) is 5.16. The van der Waals surface area contributed by atoms with Crippen LogP contribution < -0.4 is 16.0 Å². The molecule has 1 fully saturated rings. The van der Waals surface area contributed by atoms with Crippen molar-refractivity contribution in [2.24, 2.45) is 0 Å². The quantitative estimate of drug-likeness (QED) is 0.329. The fraction of sp³-hybridized carbons (Fsp3) is 0.333. The molecule has 7 nitrogen and oxygen atoms in total. The molecule has 7 heteroatoms. The van der Waals surface area contributed by atoms with E-state index in [-0.39, 0.29) is 11.7 Å². The molecule has 3 aromatic rings. The van der Waals surface area contributed by atoms with Crippen LogP contribution in [0.1, 0.15) is 52.0 Å². The number of carbonyl (C=O) groups excluding carboxylic acids is 2. The first kappa shape index (κ1) is 25.0. The van der Waals surface area contributed by atoms with Gasteiger partial charge in [-0.1, -0.05) is 24.6 Å². The lowest BCUT2D eigenvalue weighted by Gasteiger charge is -2.28. The zero-order valence-corrected chi connectivity index (χ0v) is 21.0. The van der Waals surface area contributed by atoms with E-state index in [1.807, 2.05) is 48.5 Å². The number of nitrogens with one attached hydrogen (secondary N) is 3. The second-order valence-electron chi connectivity index (χ2n) is 9.86. The summed E-state index contributed by atoms with van der Waals surface area (Å²) in [5, 5.41) is 20.0. The van der Waals surface area contributed by atoms with Gasteiger partial charge in [0.15, 0.2) is 5.78 Å². The van der Waals surface area contributed by atoms with Crippen molar-refractivity contribution in [2.45, 2.75) is 38.2 Å². The topological polar surface area (TPSA) is 93.7 Å². The number of para-hydroxylation sites is 1. The number of β-amino-alcohol motifs (C(OH)–C–C–N with tert-alkyl or cyclic N) is 1. The number of carbonyl (C=O) groups is 2. The molecule has 2 aliphatic rings. The summed E-state index contributed by atoms with van der Waals surface area (Å²) in [6, 6.07) is 20.7. The van der Waals surface area contributed by atoms with Gasteiger partial charge in [-0.3, -0.25) is 9.59 Å². The maximum atomic E-state index is 13.0. The van der Waals surface area contributed by atoms with Gasteiger partial charge in [0.25, 0.3) is 5.91 Å². The number of rotatable bonds is 9. The van der Waals surface area contributed by atoms with Gasteiger partial charge in [-0.2, -0.15) is 0 Å². The van der Waals surface area contributed by atoms with Crippen molar-refractivity contribution in [3.05, 3.63) is 83.4 Å². The van der Waals surface area contributed by atoms with Crippen LogP contribution in [0.2, 0.25) is 0 Å². The molecule has 1 atom stereocenters. The Balaban J connectivity index is 1.20. The van der Waals surface area contributed by atoms with Crippen molar-refractivity contribution in [3.8, 4) is 0 Å². The van der Waals surface area contributed by atoms with Gasteiger partial charge in [-0.05, 0) is 86.4 Å². The molecule has 37 heavy (non-hydrogen) atoms. The van der Waals surface area contributed by atoms with Crippen molar-refractivity contribution in [1.29, 1.82) is 0 Å². The normalized spacial score (nSPS) is 16.2. The second-order valence-corrected chi connectivity index (χ2v) is 9.86. The van der Waals surface area contributed by atoms with Crippen LogP contribution in [-0.4, -0.2) is 54.0 Å². The highest BCUT2D eigenvalue weighted by molar-refractivity contribution is 6.12. The van der Waals surface area contributed by atoms with Crippen molar-refractivity contribution < 1.29 is 14.7 Å².